The summed E-state index contributed by atoms with van der Waals surface area (Å²) >= 11 is 0. The monoisotopic (exact) mass is 127 g/mol. The van der Waals surface area contributed by atoms with Gasteiger partial charge in [0, 0.05) is 0 Å². The topological polar surface area (TPSA) is 52.3 Å². The van der Waals surface area contributed by atoms with E-state index in [2.05, 4.69) is 10.7 Å². The van der Waals surface area contributed by atoms with Crippen LogP contribution < -0.4 is 5.73 Å². The predicted octanol–water partition coefficient (Wildman–Crippen LogP) is -0.490. The third-order valence-electron chi connectivity index (χ3n) is 0.909. The minimum absolute atomic E-state index is 0.593. The molecule has 3 nitrogen and oxygen atoms in total. The first-order chi connectivity index (χ1) is 4.04. The number of terminal acetylenes is 1. The molecule has 0 aromatic heterocycles. The van der Waals surface area contributed by atoms with Crippen LogP contribution in [0.5, 0.6) is 0 Å². The van der Waals surface area contributed by atoms with Crippen LogP contribution in [0.3, 0.4) is 0 Å². The highest BCUT2D eigenvalue weighted by Gasteiger charge is 2.25. The number of carbonyl (C=O) groups is 1. The Kier molecular flexibility index (Phi) is 2.23. The highest BCUT2D eigenvalue weighted by atomic mass is 16.5. The van der Waals surface area contributed by atoms with Gasteiger partial charge < -0.3 is 10.5 Å². The van der Waals surface area contributed by atoms with Gasteiger partial charge in [0.1, 0.15) is 0 Å². The Morgan fingerprint density at radius 1 is 1.89 bits per heavy atom. The molecule has 0 aliphatic rings. The van der Waals surface area contributed by atoms with E-state index in [0.29, 0.717) is 0 Å². The summed E-state index contributed by atoms with van der Waals surface area (Å²) in [4.78, 5) is 10.6. The van der Waals surface area contributed by atoms with Crippen molar-refractivity contribution in [2.45, 2.75) is 12.5 Å². The van der Waals surface area contributed by atoms with Crippen LogP contribution in [0.4, 0.5) is 0 Å². The lowest BCUT2D eigenvalue weighted by Crippen LogP contribution is -2.44. The summed E-state index contributed by atoms with van der Waals surface area (Å²) in [5, 5.41) is 0. The van der Waals surface area contributed by atoms with Crippen molar-refractivity contribution in [3.8, 4) is 12.3 Å². The Bertz CT molecular complexity index is 155. The lowest BCUT2D eigenvalue weighted by atomic mass is 10.1. The maximum Gasteiger partial charge on any atom is 0.338 e. The first-order valence-corrected chi connectivity index (χ1v) is 2.39. The van der Waals surface area contributed by atoms with Crippen molar-refractivity contribution in [3.05, 3.63) is 0 Å². The van der Waals surface area contributed by atoms with Gasteiger partial charge in [0.25, 0.3) is 0 Å². The fourth-order valence-electron chi connectivity index (χ4n) is 0.271. The summed E-state index contributed by atoms with van der Waals surface area (Å²) < 4.78 is 4.30. The molecule has 0 heterocycles. The summed E-state index contributed by atoms with van der Waals surface area (Å²) in [6.07, 6.45) is 4.91. The third kappa shape index (κ3) is 1.74. The number of hydrogen-bond acceptors (Lipinski definition) is 3. The van der Waals surface area contributed by atoms with Crippen molar-refractivity contribution in [2.75, 3.05) is 7.11 Å². The second kappa shape index (κ2) is 2.51. The second-order valence-corrected chi connectivity index (χ2v) is 1.84. The van der Waals surface area contributed by atoms with E-state index in [1.807, 2.05) is 0 Å². The molecule has 2 N–H and O–H groups in total. The highest BCUT2D eigenvalue weighted by Crippen LogP contribution is 1.97. The Balaban J connectivity index is 4.19. The van der Waals surface area contributed by atoms with E-state index in [-0.39, 0.29) is 0 Å². The molecule has 0 radical (unpaired) electrons. The van der Waals surface area contributed by atoms with Crippen LogP contribution in [-0.2, 0) is 9.53 Å². The summed E-state index contributed by atoms with van der Waals surface area (Å²) in [5.74, 6) is 1.50. The normalized spacial score (nSPS) is 15.3. The summed E-state index contributed by atoms with van der Waals surface area (Å²) in [7, 11) is 1.24. The third-order valence-corrected chi connectivity index (χ3v) is 0.909. The van der Waals surface area contributed by atoms with Crippen molar-refractivity contribution in [3.63, 3.8) is 0 Å². The number of ether oxygens (including phenoxy) is 1. The fraction of sp³-hybridized carbons (Fsp3) is 0.500. The van der Waals surface area contributed by atoms with Crippen LogP contribution >= 0.6 is 0 Å². The minimum Gasteiger partial charge on any atom is -0.467 e. The number of hydrogen-bond donors (Lipinski definition) is 1. The SMILES string of the molecule is C#C[C@@](C)(N)C(=O)OC. The summed E-state index contributed by atoms with van der Waals surface area (Å²) in [6, 6.07) is 0. The van der Waals surface area contributed by atoms with Gasteiger partial charge in [-0.05, 0) is 6.92 Å². The molecule has 3 heteroatoms. The van der Waals surface area contributed by atoms with Gasteiger partial charge in [-0.2, -0.15) is 0 Å². The standard InChI is InChI=1S/C6H9NO2/c1-4-6(2,7)5(8)9-3/h1H,7H2,2-3H3/t6-/m1/s1. The number of carbonyl (C=O) groups excluding carboxylic acids is 1. The molecule has 0 fully saturated rings. The van der Waals surface area contributed by atoms with Crippen molar-refractivity contribution in [1.82, 2.24) is 0 Å². The average Bonchev–Trinajstić information content (AvgIpc) is 1.86. The Morgan fingerprint density at radius 2 is 2.33 bits per heavy atom. The molecular weight excluding hydrogens is 118 g/mol. The molecule has 0 aromatic rings. The number of esters is 1. The van der Waals surface area contributed by atoms with E-state index in [1.54, 1.807) is 0 Å². The van der Waals surface area contributed by atoms with Crippen LogP contribution in [0.25, 0.3) is 0 Å². The van der Waals surface area contributed by atoms with Crippen molar-refractivity contribution in [1.29, 1.82) is 0 Å². The minimum atomic E-state index is -1.28. The fourth-order valence-corrected chi connectivity index (χ4v) is 0.271. The molecule has 0 aliphatic carbocycles. The van der Waals surface area contributed by atoms with Gasteiger partial charge >= 0.3 is 5.97 Å². The average molecular weight is 127 g/mol. The van der Waals surface area contributed by atoms with E-state index in [4.69, 9.17) is 12.2 Å². The molecule has 0 saturated heterocycles. The van der Waals surface area contributed by atoms with Crippen molar-refractivity contribution in [2.24, 2.45) is 5.73 Å². The zero-order valence-electron chi connectivity index (χ0n) is 5.47. The van der Waals surface area contributed by atoms with Gasteiger partial charge in [0.2, 0.25) is 0 Å². The largest absolute Gasteiger partial charge is 0.467 e. The molecule has 50 valence electrons. The summed E-state index contributed by atoms with van der Waals surface area (Å²) in [5.41, 5.74) is 3.98. The number of methoxy groups -OCH3 is 1. The van der Waals surface area contributed by atoms with E-state index in [1.165, 1.54) is 14.0 Å². The maximum absolute atomic E-state index is 10.6. The zero-order chi connectivity index (χ0) is 7.49. The van der Waals surface area contributed by atoms with E-state index < -0.39 is 11.5 Å². The molecule has 0 spiro atoms. The molecule has 0 amide bonds. The number of rotatable bonds is 1. The molecule has 1 atom stereocenters. The number of nitrogens with two attached hydrogens (primary N) is 1. The first kappa shape index (κ1) is 7.99. The predicted molar refractivity (Wildman–Crippen MR) is 33.4 cm³/mol. The highest BCUT2D eigenvalue weighted by molar-refractivity contribution is 5.83. The summed E-state index contributed by atoms with van der Waals surface area (Å²) in [6.45, 7) is 1.42. The van der Waals surface area contributed by atoms with Crippen molar-refractivity contribution < 1.29 is 9.53 Å². The van der Waals surface area contributed by atoms with Crippen LogP contribution in [0.2, 0.25) is 0 Å². The van der Waals surface area contributed by atoms with Crippen LogP contribution in [-0.4, -0.2) is 18.6 Å². The van der Waals surface area contributed by atoms with Gasteiger partial charge in [-0.1, -0.05) is 5.92 Å². The smallest absolute Gasteiger partial charge is 0.338 e. The lowest BCUT2D eigenvalue weighted by Gasteiger charge is -2.12. The molecule has 0 saturated carbocycles. The van der Waals surface area contributed by atoms with Gasteiger partial charge in [0.15, 0.2) is 5.54 Å². The molecule has 0 aliphatic heterocycles. The maximum atomic E-state index is 10.6. The Labute approximate surface area is 54.2 Å². The van der Waals surface area contributed by atoms with E-state index in [9.17, 15) is 4.79 Å². The van der Waals surface area contributed by atoms with Gasteiger partial charge in [-0.3, -0.25) is 0 Å². The lowest BCUT2D eigenvalue weighted by molar-refractivity contribution is -0.144. The van der Waals surface area contributed by atoms with Crippen LogP contribution in [0, 0.1) is 12.3 Å². The van der Waals surface area contributed by atoms with E-state index in [0.717, 1.165) is 0 Å². The Morgan fingerprint density at radius 3 is 2.44 bits per heavy atom. The van der Waals surface area contributed by atoms with Gasteiger partial charge in [-0.25, -0.2) is 4.79 Å². The first-order valence-electron chi connectivity index (χ1n) is 2.39. The molecule has 9 heavy (non-hydrogen) atoms. The molecule has 0 bridgehead atoms. The Hall–Kier alpha value is -1.01. The van der Waals surface area contributed by atoms with Gasteiger partial charge in [-0.15, -0.1) is 6.42 Å². The molecular formula is C6H9NO2. The van der Waals surface area contributed by atoms with Crippen LogP contribution in [0.15, 0.2) is 0 Å². The molecule has 0 rings (SSSR count). The van der Waals surface area contributed by atoms with Gasteiger partial charge in [0.05, 0.1) is 7.11 Å². The zero-order valence-corrected chi connectivity index (χ0v) is 5.47. The van der Waals surface area contributed by atoms with Crippen LogP contribution in [0.1, 0.15) is 6.92 Å². The quantitative estimate of drug-likeness (QED) is 0.382. The molecule has 0 unspecified atom stereocenters. The second-order valence-electron chi connectivity index (χ2n) is 1.84. The van der Waals surface area contributed by atoms with E-state index >= 15 is 0 Å². The molecule has 0 aromatic carbocycles. The van der Waals surface area contributed by atoms with Crippen molar-refractivity contribution >= 4 is 5.97 Å².